The molecule has 1 fully saturated rings. The van der Waals surface area contributed by atoms with E-state index in [4.69, 9.17) is 9.63 Å². The summed E-state index contributed by atoms with van der Waals surface area (Å²) in [5, 5.41) is 13.1. The van der Waals surface area contributed by atoms with E-state index in [0.717, 1.165) is 43.7 Å². The van der Waals surface area contributed by atoms with E-state index in [9.17, 15) is 4.79 Å². The van der Waals surface area contributed by atoms with Gasteiger partial charge in [0.2, 0.25) is 0 Å². The Hall–Kier alpha value is -1.36. The second-order valence-electron chi connectivity index (χ2n) is 4.46. The maximum absolute atomic E-state index is 11.1. The second kappa shape index (κ2) is 5.31. The lowest BCUT2D eigenvalue weighted by Crippen LogP contribution is -2.44. The summed E-state index contributed by atoms with van der Waals surface area (Å²) >= 11 is 0. The van der Waals surface area contributed by atoms with Gasteiger partial charge in [-0.25, -0.2) is 0 Å². The van der Waals surface area contributed by atoms with Gasteiger partial charge in [0.25, 0.3) is 0 Å². The molecule has 0 spiro atoms. The van der Waals surface area contributed by atoms with Gasteiger partial charge >= 0.3 is 5.97 Å². The Bertz CT molecular complexity index is 389. The van der Waals surface area contributed by atoms with Gasteiger partial charge in [-0.05, 0) is 19.4 Å². The summed E-state index contributed by atoms with van der Waals surface area (Å²) in [5.41, 5.74) is 0.829. The lowest BCUT2D eigenvalue weighted by atomic mass is 10.0. The van der Waals surface area contributed by atoms with Gasteiger partial charge in [-0.2, -0.15) is 0 Å². The van der Waals surface area contributed by atoms with Crippen molar-refractivity contribution in [3.8, 4) is 0 Å². The highest BCUT2D eigenvalue weighted by molar-refractivity contribution is 5.73. The topological polar surface area (TPSA) is 66.6 Å². The highest BCUT2D eigenvalue weighted by Gasteiger charge is 2.28. The fourth-order valence-electron chi connectivity index (χ4n) is 2.26. The summed E-state index contributed by atoms with van der Waals surface area (Å²) in [6.07, 6.45) is 3.60. The normalized spacial score (nSPS) is 21.6. The lowest BCUT2D eigenvalue weighted by Gasteiger charge is -2.31. The van der Waals surface area contributed by atoms with Crippen LogP contribution in [0, 0.1) is 0 Å². The van der Waals surface area contributed by atoms with Crippen molar-refractivity contribution in [2.24, 2.45) is 0 Å². The van der Waals surface area contributed by atoms with Crippen LogP contribution < -0.4 is 0 Å². The first-order chi connectivity index (χ1) is 8.20. The van der Waals surface area contributed by atoms with Gasteiger partial charge in [0.15, 0.2) is 0 Å². The zero-order valence-corrected chi connectivity index (χ0v) is 10.1. The molecule has 0 bridgehead atoms. The Labute approximate surface area is 100 Å². The number of hydrogen-bond acceptors (Lipinski definition) is 4. The van der Waals surface area contributed by atoms with Crippen LogP contribution in [0.25, 0.3) is 0 Å². The van der Waals surface area contributed by atoms with E-state index >= 15 is 0 Å². The predicted molar refractivity (Wildman–Crippen MR) is 61.6 cm³/mol. The summed E-state index contributed by atoms with van der Waals surface area (Å²) in [6.45, 7) is 3.40. The lowest BCUT2D eigenvalue weighted by molar-refractivity contribution is -0.144. The van der Waals surface area contributed by atoms with E-state index in [1.165, 1.54) is 0 Å². The average molecular weight is 238 g/mol. The first kappa shape index (κ1) is 12.1. The number of carboxylic acids is 1. The standard InChI is InChI=1S/C12H18N2O3/c1-2-10-7-9(13-17-10)8-14-6-4-3-5-11(14)12(15)16/h7,11H,2-6,8H2,1H3,(H,15,16)/t11-/m1/s1. The molecule has 0 aromatic carbocycles. The number of hydrogen-bond donors (Lipinski definition) is 1. The van der Waals surface area contributed by atoms with Crippen LogP contribution in [0.4, 0.5) is 0 Å². The monoisotopic (exact) mass is 238 g/mol. The molecule has 0 saturated carbocycles. The maximum Gasteiger partial charge on any atom is 0.320 e. The van der Waals surface area contributed by atoms with E-state index in [-0.39, 0.29) is 6.04 Å². The Morgan fingerprint density at radius 1 is 1.65 bits per heavy atom. The summed E-state index contributed by atoms with van der Waals surface area (Å²) in [7, 11) is 0. The fraction of sp³-hybridized carbons (Fsp3) is 0.667. The van der Waals surface area contributed by atoms with Crippen LogP contribution in [0.2, 0.25) is 0 Å². The molecule has 1 aliphatic heterocycles. The van der Waals surface area contributed by atoms with E-state index in [2.05, 4.69) is 5.16 Å². The minimum atomic E-state index is -0.732. The number of aryl methyl sites for hydroxylation is 1. The van der Waals surface area contributed by atoms with Crippen molar-refractivity contribution >= 4 is 5.97 Å². The molecule has 1 aliphatic rings. The Morgan fingerprint density at radius 3 is 3.12 bits per heavy atom. The third-order valence-corrected chi connectivity index (χ3v) is 3.22. The van der Waals surface area contributed by atoms with Crippen molar-refractivity contribution in [2.45, 2.75) is 45.2 Å². The van der Waals surface area contributed by atoms with Gasteiger partial charge in [-0.3, -0.25) is 9.69 Å². The first-order valence-electron chi connectivity index (χ1n) is 6.12. The largest absolute Gasteiger partial charge is 0.480 e. The number of carbonyl (C=O) groups is 1. The number of nitrogens with zero attached hydrogens (tertiary/aromatic N) is 2. The molecule has 2 rings (SSSR count). The quantitative estimate of drug-likeness (QED) is 0.864. The molecule has 2 heterocycles. The van der Waals surface area contributed by atoms with E-state index < -0.39 is 5.97 Å². The SMILES string of the molecule is CCc1cc(CN2CCCC[C@@H]2C(=O)O)no1. The highest BCUT2D eigenvalue weighted by atomic mass is 16.5. The molecule has 0 radical (unpaired) electrons. The number of aromatic nitrogens is 1. The van der Waals surface area contributed by atoms with Crippen molar-refractivity contribution in [1.82, 2.24) is 10.1 Å². The Balaban J connectivity index is 2.02. The van der Waals surface area contributed by atoms with E-state index in [0.29, 0.717) is 6.54 Å². The summed E-state index contributed by atoms with van der Waals surface area (Å²) in [4.78, 5) is 13.1. The van der Waals surface area contributed by atoms with Crippen LogP contribution in [-0.4, -0.2) is 33.7 Å². The summed E-state index contributed by atoms with van der Waals surface area (Å²) in [5.74, 6) is 0.118. The Morgan fingerprint density at radius 2 is 2.47 bits per heavy atom. The van der Waals surface area contributed by atoms with Gasteiger partial charge in [-0.1, -0.05) is 18.5 Å². The van der Waals surface area contributed by atoms with Crippen LogP contribution >= 0.6 is 0 Å². The third-order valence-electron chi connectivity index (χ3n) is 3.22. The van der Waals surface area contributed by atoms with Crippen molar-refractivity contribution < 1.29 is 14.4 Å². The van der Waals surface area contributed by atoms with Crippen LogP contribution in [-0.2, 0) is 17.8 Å². The fourth-order valence-corrected chi connectivity index (χ4v) is 2.26. The number of likely N-dealkylation sites (tertiary alicyclic amines) is 1. The van der Waals surface area contributed by atoms with Crippen molar-refractivity contribution in [1.29, 1.82) is 0 Å². The summed E-state index contributed by atoms with van der Waals surface area (Å²) < 4.78 is 5.13. The minimum Gasteiger partial charge on any atom is -0.480 e. The average Bonchev–Trinajstić information content (AvgIpc) is 2.77. The smallest absolute Gasteiger partial charge is 0.320 e. The van der Waals surface area contributed by atoms with Crippen LogP contribution in [0.1, 0.15) is 37.6 Å². The molecule has 1 N–H and O–H groups in total. The van der Waals surface area contributed by atoms with Crippen molar-refractivity contribution in [3.05, 3.63) is 17.5 Å². The van der Waals surface area contributed by atoms with Gasteiger partial charge in [0.05, 0.1) is 5.69 Å². The van der Waals surface area contributed by atoms with Crippen LogP contribution in [0.5, 0.6) is 0 Å². The molecule has 0 aliphatic carbocycles. The molecule has 0 unspecified atom stereocenters. The molecule has 5 nitrogen and oxygen atoms in total. The zero-order chi connectivity index (χ0) is 12.3. The molecule has 1 saturated heterocycles. The molecule has 94 valence electrons. The molecule has 5 heteroatoms. The number of carboxylic acid groups (broad SMARTS) is 1. The van der Waals surface area contributed by atoms with Crippen LogP contribution in [0.3, 0.4) is 0 Å². The zero-order valence-electron chi connectivity index (χ0n) is 10.1. The van der Waals surface area contributed by atoms with E-state index in [1.807, 2.05) is 17.9 Å². The molecule has 1 aromatic rings. The maximum atomic E-state index is 11.1. The first-order valence-corrected chi connectivity index (χ1v) is 6.12. The van der Waals surface area contributed by atoms with Gasteiger partial charge in [-0.15, -0.1) is 0 Å². The Kier molecular flexibility index (Phi) is 3.78. The van der Waals surface area contributed by atoms with E-state index in [1.54, 1.807) is 0 Å². The molecule has 0 amide bonds. The molecule has 17 heavy (non-hydrogen) atoms. The number of aliphatic carboxylic acids is 1. The van der Waals surface area contributed by atoms with Gasteiger partial charge in [0, 0.05) is 19.0 Å². The molecule has 1 aromatic heterocycles. The van der Waals surface area contributed by atoms with Crippen LogP contribution in [0.15, 0.2) is 10.6 Å². The molecule has 1 atom stereocenters. The van der Waals surface area contributed by atoms with Gasteiger partial charge in [0.1, 0.15) is 11.8 Å². The molecular weight excluding hydrogens is 220 g/mol. The predicted octanol–water partition coefficient (Wildman–Crippen LogP) is 1.68. The highest BCUT2D eigenvalue weighted by Crippen LogP contribution is 2.19. The number of piperidine rings is 1. The van der Waals surface area contributed by atoms with Crippen molar-refractivity contribution in [3.63, 3.8) is 0 Å². The second-order valence-corrected chi connectivity index (χ2v) is 4.46. The molecular formula is C12H18N2O3. The number of rotatable bonds is 4. The van der Waals surface area contributed by atoms with Gasteiger partial charge < -0.3 is 9.63 Å². The summed E-state index contributed by atoms with van der Waals surface area (Å²) in [6, 6.07) is 1.54. The van der Waals surface area contributed by atoms with Crippen molar-refractivity contribution in [2.75, 3.05) is 6.54 Å². The minimum absolute atomic E-state index is 0.370. The third kappa shape index (κ3) is 2.85.